The highest BCUT2D eigenvalue weighted by molar-refractivity contribution is 7.91. The maximum atomic E-state index is 13.3. The highest BCUT2D eigenvalue weighted by Crippen LogP contribution is 2.29. The van der Waals surface area contributed by atoms with Gasteiger partial charge in [-0.1, -0.05) is 19.1 Å². The van der Waals surface area contributed by atoms with Crippen LogP contribution in [-0.2, 0) is 14.6 Å². The van der Waals surface area contributed by atoms with Crippen LogP contribution in [-0.4, -0.2) is 66.8 Å². The monoisotopic (exact) mass is 668 g/mol. The van der Waals surface area contributed by atoms with Gasteiger partial charge in [0, 0.05) is 36.0 Å². The molecule has 3 heterocycles. The highest BCUT2D eigenvalue weighted by atomic mass is 32.2. The first-order valence-electron chi connectivity index (χ1n) is 14.7. The second-order valence-electron chi connectivity index (χ2n) is 10.7. The van der Waals surface area contributed by atoms with Crippen LogP contribution in [0, 0.1) is 17.3 Å². The molecule has 0 radical (unpaired) electrons. The number of halogens is 3. The van der Waals surface area contributed by atoms with E-state index in [-0.39, 0.29) is 23.7 Å². The van der Waals surface area contributed by atoms with Crippen molar-refractivity contribution >= 4 is 21.4 Å². The van der Waals surface area contributed by atoms with Gasteiger partial charge in [0.25, 0.3) is 5.91 Å². The Kier molecular flexibility index (Phi) is 10.4. The molecule has 0 bridgehead atoms. The number of alkyl halides is 2. The summed E-state index contributed by atoms with van der Waals surface area (Å²) in [6.45, 7) is -1.33. The Balaban J connectivity index is 1.26. The van der Waals surface area contributed by atoms with Crippen molar-refractivity contribution in [3.63, 3.8) is 0 Å². The molecule has 246 valence electrons. The maximum Gasteiger partial charge on any atom is 0.345 e. The number of carbonyl (C=O) groups is 1. The number of rotatable bonds is 13. The van der Waals surface area contributed by atoms with Gasteiger partial charge >= 0.3 is 6.61 Å². The fourth-order valence-corrected chi connectivity index (χ4v) is 6.16. The molecule has 15 heteroatoms. The van der Waals surface area contributed by atoms with Crippen molar-refractivity contribution in [2.24, 2.45) is 0 Å². The minimum Gasteiger partial charge on any atom is -0.472 e. The summed E-state index contributed by atoms with van der Waals surface area (Å²) in [5.41, 5.74) is 2.06. The van der Waals surface area contributed by atoms with E-state index in [2.05, 4.69) is 20.1 Å². The molecule has 47 heavy (non-hydrogen) atoms. The van der Waals surface area contributed by atoms with Gasteiger partial charge in [-0.15, -0.1) is 5.10 Å². The highest BCUT2D eigenvalue weighted by Gasteiger charge is 2.35. The fourth-order valence-electron chi connectivity index (χ4n) is 5.27. The molecule has 11 nitrogen and oxygen atoms in total. The van der Waals surface area contributed by atoms with Gasteiger partial charge in [0.05, 0.1) is 60.3 Å². The lowest BCUT2D eigenvalue weighted by molar-refractivity contribution is -0.131. The first kappa shape index (κ1) is 33.4. The van der Waals surface area contributed by atoms with E-state index >= 15 is 0 Å². The number of hydrogen-bond donors (Lipinski definition) is 1. The third kappa shape index (κ3) is 8.27. The smallest absolute Gasteiger partial charge is 0.345 e. The summed E-state index contributed by atoms with van der Waals surface area (Å²) in [4.78, 5) is 19.4. The standard InChI is InChI=1S/C32H31F3N6O5S/c1-2-47(43,44)27-10-5-21(6-11-27)28(13-15-36)38-31(42)22-3-7-23(8-4-22)40-19-26(17-25(40)20-45-32(34)35)46-30-12-9-24(18-37-30)41-16-14-29(33)39-41/h3-12,14,16,18,25-26,28,32H,2,13,17,19-20H2,1H3,(H,38,42)/t25-,26-,28-/m0/s1. The fraction of sp³-hybridized carbons (Fsp3) is 0.312. The van der Waals surface area contributed by atoms with E-state index in [9.17, 15) is 31.6 Å². The number of nitriles is 1. The zero-order valence-electron chi connectivity index (χ0n) is 25.2. The summed E-state index contributed by atoms with van der Waals surface area (Å²) in [5.74, 6) is -0.828. The van der Waals surface area contributed by atoms with E-state index in [0.717, 1.165) is 0 Å². The van der Waals surface area contributed by atoms with Gasteiger partial charge in [-0.2, -0.15) is 18.4 Å². The number of hydrogen-bond acceptors (Lipinski definition) is 9. The van der Waals surface area contributed by atoms with Crippen molar-refractivity contribution in [1.82, 2.24) is 20.1 Å². The molecule has 1 fully saturated rings. The Bertz CT molecular complexity index is 1810. The summed E-state index contributed by atoms with van der Waals surface area (Å²) in [6.07, 6.45) is 2.83. The molecule has 1 saturated heterocycles. The quantitative estimate of drug-likeness (QED) is 0.212. The molecule has 3 atom stereocenters. The van der Waals surface area contributed by atoms with Gasteiger partial charge in [-0.25, -0.2) is 18.1 Å². The number of pyridine rings is 1. The van der Waals surface area contributed by atoms with E-state index in [0.29, 0.717) is 41.3 Å². The zero-order valence-corrected chi connectivity index (χ0v) is 26.0. The van der Waals surface area contributed by atoms with E-state index in [4.69, 9.17) is 4.74 Å². The minimum atomic E-state index is -3.40. The van der Waals surface area contributed by atoms with Crippen LogP contribution in [0.3, 0.4) is 0 Å². The second kappa shape index (κ2) is 14.7. The lowest BCUT2D eigenvalue weighted by atomic mass is 10.0. The molecule has 4 aromatic rings. The number of amides is 1. The SMILES string of the molecule is CCS(=O)(=O)c1ccc([C@H](CC#N)NC(=O)c2ccc(N3C[C@@H](Oc4ccc(-n5ccc(F)n5)cn4)C[C@H]3COC(F)F)cc2)cc1. The number of nitrogens with one attached hydrogen (secondary N) is 1. The van der Waals surface area contributed by atoms with Crippen LogP contribution in [0.4, 0.5) is 18.9 Å². The lowest BCUT2D eigenvalue weighted by Gasteiger charge is -2.26. The molecule has 1 aliphatic rings. The third-order valence-electron chi connectivity index (χ3n) is 7.70. The molecule has 1 N–H and O–H groups in total. The summed E-state index contributed by atoms with van der Waals surface area (Å²) in [6, 6.07) is 18.0. The lowest BCUT2D eigenvalue weighted by Crippen LogP contribution is -2.34. The molecular formula is C32H31F3N6O5S. The van der Waals surface area contributed by atoms with Gasteiger partial charge in [0.15, 0.2) is 9.84 Å². The van der Waals surface area contributed by atoms with Crippen LogP contribution < -0.4 is 15.0 Å². The van der Waals surface area contributed by atoms with E-state index in [1.165, 1.54) is 35.3 Å². The van der Waals surface area contributed by atoms with Gasteiger partial charge in [0.2, 0.25) is 11.8 Å². The molecule has 0 spiro atoms. The van der Waals surface area contributed by atoms with Crippen molar-refractivity contribution in [2.45, 2.75) is 49.5 Å². The van der Waals surface area contributed by atoms with Crippen LogP contribution in [0.25, 0.3) is 5.69 Å². The van der Waals surface area contributed by atoms with Crippen molar-refractivity contribution in [3.05, 3.63) is 96.2 Å². The molecule has 0 unspecified atom stereocenters. The third-order valence-corrected chi connectivity index (χ3v) is 9.45. The number of benzene rings is 2. The summed E-state index contributed by atoms with van der Waals surface area (Å²) < 4.78 is 75.5. The topological polar surface area (TPSA) is 139 Å². The van der Waals surface area contributed by atoms with E-state index in [1.54, 1.807) is 55.5 Å². The van der Waals surface area contributed by atoms with Crippen molar-refractivity contribution < 1.29 is 35.9 Å². The number of sulfone groups is 1. The minimum absolute atomic E-state index is 0.0376. The predicted molar refractivity (Wildman–Crippen MR) is 164 cm³/mol. The summed E-state index contributed by atoms with van der Waals surface area (Å²) >= 11 is 0. The second-order valence-corrected chi connectivity index (χ2v) is 13.0. The number of carbonyl (C=O) groups excluding carboxylic acids is 1. The van der Waals surface area contributed by atoms with Crippen LogP contribution >= 0.6 is 0 Å². The Hall–Kier alpha value is -4.94. The molecule has 0 saturated carbocycles. The molecule has 5 rings (SSSR count). The number of anilines is 1. The average molecular weight is 669 g/mol. The Morgan fingerprint density at radius 3 is 2.40 bits per heavy atom. The van der Waals surface area contributed by atoms with Crippen molar-refractivity contribution in [3.8, 4) is 17.6 Å². The Morgan fingerprint density at radius 1 is 1.09 bits per heavy atom. The first-order chi connectivity index (χ1) is 22.6. The molecule has 1 aliphatic heterocycles. The number of ether oxygens (including phenoxy) is 2. The summed E-state index contributed by atoms with van der Waals surface area (Å²) in [5, 5.41) is 15.9. The normalized spacial score (nSPS) is 17.0. The average Bonchev–Trinajstić information content (AvgIpc) is 3.69. The van der Waals surface area contributed by atoms with Crippen LogP contribution in [0.5, 0.6) is 5.88 Å². The molecule has 1 amide bonds. The van der Waals surface area contributed by atoms with E-state index in [1.807, 2.05) is 11.0 Å². The zero-order chi connectivity index (χ0) is 33.6. The largest absolute Gasteiger partial charge is 0.472 e. The molecular weight excluding hydrogens is 637 g/mol. The van der Waals surface area contributed by atoms with Gasteiger partial charge in [-0.05, 0) is 48.0 Å². The molecule has 2 aromatic carbocycles. The number of aromatic nitrogens is 3. The summed E-state index contributed by atoms with van der Waals surface area (Å²) in [7, 11) is -3.40. The Morgan fingerprint density at radius 2 is 1.81 bits per heavy atom. The van der Waals surface area contributed by atoms with Gasteiger partial charge in [-0.3, -0.25) is 4.79 Å². The van der Waals surface area contributed by atoms with Gasteiger partial charge < -0.3 is 19.7 Å². The maximum absolute atomic E-state index is 13.3. The van der Waals surface area contributed by atoms with Crippen LogP contribution in [0.15, 0.2) is 84.0 Å². The van der Waals surface area contributed by atoms with Crippen LogP contribution in [0.2, 0.25) is 0 Å². The van der Waals surface area contributed by atoms with Crippen molar-refractivity contribution in [1.29, 1.82) is 5.26 Å². The van der Waals surface area contributed by atoms with Crippen molar-refractivity contribution in [2.75, 3.05) is 23.8 Å². The van der Waals surface area contributed by atoms with E-state index < -0.39 is 46.5 Å². The molecule has 2 aromatic heterocycles. The Labute approximate surface area is 269 Å². The van der Waals surface area contributed by atoms with Crippen LogP contribution in [0.1, 0.15) is 41.7 Å². The number of nitrogens with zero attached hydrogens (tertiary/aromatic N) is 5. The first-order valence-corrected chi connectivity index (χ1v) is 16.3. The predicted octanol–water partition coefficient (Wildman–Crippen LogP) is 4.85. The molecule has 0 aliphatic carbocycles. The van der Waals surface area contributed by atoms with Gasteiger partial charge in [0.1, 0.15) is 6.10 Å².